The summed E-state index contributed by atoms with van der Waals surface area (Å²) in [4.78, 5) is 24.4. The molecule has 0 aliphatic carbocycles. The molecule has 2 aromatic rings. The van der Waals surface area contributed by atoms with E-state index < -0.39 is 29.7 Å². The van der Waals surface area contributed by atoms with Gasteiger partial charge < -0.3 is 24.7 Å². The lowest BCUT2D eigenvalue weighted by molar-refractivity contribution is -0.136. The minimum absolute atomic E-state index is 0.0292. The molecule has 0 fully saturated rings. The Balaban J connectivity index is 2.31. The van der Waals surface area contributed by atoms with Crippen LogP contribution in [0.3, 0.4) is 0 Å². The van der Waals surface area contributed by atoms with Crippen LogP contribution >= 0.6 is 0 Å². The van der Waals surface area contributed by atoms with Crippen molar-refractivity contribution in [1.29, 1.82) is 0 Å². The molecule has 8 heteroatoms. The maximum Gasteiger partial charge on any atom is 0.340 e. The topological polar surface area (TPSA) is 112 Å². The van der Waals surface area contributed by atoms with Gasteiger partial charge in [-0.2, -0.15) is 0 Å². The van der Waals surface area contributed by atoms with Crippen molar-refractivity contribution in [3.8, 4) is 5.75 Å². The van der Waals surface area contributed by atoms with Crippen molar-refractivity contribution >= 4 is 5.97 Å². The van der Waals surface area contributed by atoms with Crippen molar-refractivity contribution in [2.45, 2.75) is 12.5 Å². The van der Waals surface area contributed by atoms with E-state index in [2.05, 4.69) is 0 Å². The number of methoxy groups -OCH3 is 1. The summed E-state index contributed by atoms with van der Waals surface area (Å²) in [6.45, 7) is -0.537. The number of fused-ring (bicyclic) bond motifs is 1. The van der Waals surface area contributed by atoms with Crippen LogP contribution in [0.2, 0.25) is 0 Å². The molecule has 1 aliphatic heterocycles. The fourth-order valence-electron chi connectivity index (χ4n) is 2.69. The average Bonchev–Trinajstić information content (AvgIpc) is 2.60. The maximum atomic E-state index is 13.7. The van der Waals surface area contributed by atoms with Crippen LogP contribution < -0.4 is 15.9 Å². The largest absolute Gasteiger partial charge is 0.465 e. The number of ether oxygens (including phenoxy) is 2. The van der Waals surface area contributed by atoms with Crippen LogP contribution in [0.1, 0.15) is 23.0 Å². The standard InChI is InChI=1S/C17H14FNO6/c1-23-17(22)13-12(8-3-2-4-9(18)5-8)15-14(25-16(13)19)11(21)6-10(7-20)24-15/h2-6,12,20H,7,19H2,1H3. The Kier molecular flexibility index (Phi) is 4.28. The predicted octanol–water partition coefficient (Wildman–Crippen LogP) is 1.14. The number of aliphatic hydroxyl groups excluding tert-OH is 1. The van der Waals surface area contributed by atoms with Crippen molar-refractivity contribution in [2.24, 2.45) is 5.73 Å². The first-order valence-electron chi connectivity index (χ1n) is 7.25. The lowest BCUT2D eigenvalue weighted by Gasteiger charge is -2.26. The van der Waals surface area contributed by atoms with Crippen LogP contribution in [0.4, 0.5) is 4.39 Å². The number of nitrogens with two attached hydrogens (primary N) is 1. The number of hydrogen-bond acceptors (Lipinski definition) is 7. The number of carbonyl (C=O) groups excluding carboxylic acids is 1. The van der Waals surface area contributed by atoms with E-state index in [1.807, 2.05) is 0 Å². The Morgan fingerprint density at radius 2 is 2.16 bits per heavy atom. The van der Waals surface area contributed by atoms with Crippen LogP contribution in [0.15, 0.2) is 51.0 Å². The third kappa shape index (κ3) is 2.87. The molecule has 0 amide bonds. The third-order valence-corrected chi connectivity index (χ3v) is 3.75. The number of rotatable bonds is 3. The SMILES string of the molecule is COC(=O)C1=C(N)Oc2c(oc(CO)cc2=O)C1c1cccc(F)c1. The molecule has 0 saturated carbocycles. The van der Waals surface area contributed by atoms with Gasteiger partial charge in [0, 0.05) is 6.07 Å². The molecule has 0 saturated heterocycles. The van der Waals surface area contributed by atoms with Gasteiger partial charge in [-0.3, -0.25) is 4.79 Å². The minimum atomic E-state index is -1.02. The second-order valence-electron chi connectivity index (χ2n) is 5.29. The van der Waals surface area contributed by atoms with E-state index in [4.69, 9.17) is 19.6 Å². The summed E-state index contributed by atoms with van der Waals surface area (Å²) in [7, 11) is 1.15. The van der Waals surface area contributed by atoms with Crippen LogP contribution in [0.5, 0.6) is 5.75 Å². The first kappa shape index (κ1) is 16.7. The van der Waals surface area contributed by atoms with Crippen molar-refractivity contribution in [3.63, 3.8) is 0 Å². The van der Waals surface area contributed by atoms with Crippen molar-refractivity contribution in [1.82, 2.24) is 0 Å². The second-order valence-corrected chi connectivity index (χ2v) is 5.29. The molecule has 3 N–H and O–H groups in total. The lowest BCUT2D eigenvalue weighted by Crippen LogP contribution is -2.29. The highest BCUT2D eigenvalue weighted by Gasteiger charge is 2.39. The molecule has 0 radical (unpaired) electrons. The van der Waals surface area contributed by atoms with E-state index in [1.165, 1.54) is 18.2 Å². The molecular weight excluding hydrogens is 333 g/mol. The van der Waals surface area contributed by atoms with Crippen LogP contribution in [0, 0.1) is 5.82 Å². The van der Waals surface area contributed by atoms with Gasteiger partial charge in [0.15, 0.2) is 5.76 Å². The molecule has 1 atom stereocenters. The zero-order valence-electron chi connectivity index (χ0n) is 13.1. The Hall–Kier alpha value is -3.13. The van der Waals surface area contributed by atoms with E-state index in [0.29, 0.717) is 5.56 Å². The first-order chi connectivity index (χ1) is 12.0. The molecule has 2 heterocycles. The van der Waals surface area contributed by atoms with E-state index in [9.17, 15) is 19.1 Å². The number of esters is 1. The Labute approximate surface area is 141 Å². The summed E-state index contributed by atoms with van der Waals surface area (Å²) < 4.78 is 29.2. The number of halogens is 1. The van der Waals surface area contributed by atoms with Crippen molar-refractivity contribution < 1.29 is 28.2 Å². The van der Waals surface area contributed by atoms with E-state index >= 15 is 0 Å². The zero-order chi connectivity index (χ0) is 18.1. The first-order valence-corrected chi connectivity index (χ1v) is 7.25. The van der Waals surface area contributed by atoms with Crippen LogP contribution in [0.25, 0.3) is 0 Å². The van der Waals surface area contributed by atoms with E-state index in [0.717, 1.165) is 13.2 Å². The van der Waals surface area contributed by atoms with Gasteiger partial charge in [-0.15, -0.1) is 0 Å². The molecular formula is C17H14FNO6. The number of hydrogen-bond donors (Lipinski definition) is 2. The number of benzene rings is 1. The average molecular weight is 347 g/mol. The second kappa shape index (κ2) is 6.40. The highest BCUT2D eigenvalue weighted by Crippen LogP contribution is 2.41. The highest BCUT2D eigenvalue weighted by atomic mass is 19.1. The van der Waals surface area contributed by atoms with Gasteiger partial charge in [0.25, 0.3) is 0 Å². The number of carbonyl (C=O) groups is 1. The molecule has 7 nitrogen and oxygen atoms in total. The maximum absolute atomic E-state index is 13.7. The summed E-state index contributed by atoms with van der Waals surface area (Å²) >= 11 is 0. The summed E-state index contributed by atoms with van der Waals surface area (Å²) in [6.07, 6.45) is 0. The number of aliphatic hydroxyl groups is 1. The summed E-state index contributed by atoms with van der Waals surface area (Å²) in [5.41, 5.74) is 5.41. The van der Waals surface area contributed by atoms with Crippen molar-refractivity contribution in [3.05, 3.63) is 74.9 Å². The monoisotopic (exact) mass is 347 g/mol. The summed E-state index contributed by atoms with van der Waals surface area (Å²) in [5.74, 6) is -3.03. The molecule has 3 rings (SSSR count). The molecule has 25 heavy (non-hydrogen) atoms. The fourth-order valence-corrected chi connectivity index (χ4v) is 2.69. The Morgan fingerprint density at radius 1 is 1.40 bits per heavy atom. The Bertz CT molecular complexity index is 933. The van der Waals surface area contributed by atoms with Gasteiger partial charge in [0.1, 0.15) is 23.8 Å². The quantitative estimate of drug-likeness (QED) is 0.801. The minimum Gasteiger partial charge on any atom is -0.465 e. The van der Waals surface area contributed by atoms with Crippen molar-refractivity contribution in [2.75, 3.05) is 7.11 Å². The van der Waals surface area contributed by atoms with Gasteiger partial charge in [-0.25, -0.2) is 9.18 Å². The molecule has 0 bridgehead atoms. The molecule has 1 aromatic heterocycles. The van der Waals surface area contributed by atoms with Crippen LogP contribution in [-0.4, -0.2) is 18.2 Å². The summed E-state index contributed by atoms with van der Waals surface area (Å²) in [6, 6.07) is 6.46. The smallest absolute Gasteiger partial charge is 0.340 e. The van der Waals surface area contributed by atoms with Gasteiger partial charge in [-0.05, 0) is 17.7 Å². The molecule has 1 unspecified atom stereocenters. The van der Waals surface area contributed by atoms with E-state index in [-0.39, 0.29) is 28.7 Å². The summed E-state index contributed by atoms with van der Waals surface area (Å²) in [5, 5.41) is 9.28. The lowest BCUT2D eigenvalue weighted by atomic mass is 9.86. The van der Waals surface area contributed by atoms with Gasteiger partial charge in [-0.1, -0.05) is 12.1 Å². The molecule has 130 valence electrons. The molecule has 1 aliphatic rings. The van der Waals surface area contributed by atoms with Crippen LogP contribution in [-0.2, 0) is 16.1 Å². The molecule has 0 spiro atoms. The van der Waals surface area contributed by atoms with Gasteiger partial charge in [0.2, 0.25) is 17.1 Å². The normalized spacial score (nSPS) is 16.2. The van der Waals surface area contributed by atoms with E-state index in [1.54, 1.807) is 6.07 Å². The third-order valence-electron chi connectivity index (χ3n) is 3.75. The Morgan fingerprint density at radius 3 is 2.80 bits per heavy atom. The molecule has 1 aromatic carbocycles. The fraction of sp³-hybridized carbons (Fsp3) is 0.176. The highest BCUT2D eigenvalue weighted by molar-refractivity contribution is 5.92. The predicted molar refractivity (Wildman–Crippen MR) is 83.0 cm³/mol. The zero-order valence-corrected chi connectivity index (χ0v) is 13.1. The van der Waals surface area contributed by atoms with Gasteiger partial charge in [0.05, 0.1) is 13.0 Å². The van der Waals surface area contributed by atoms with Gasteiger partial charge >= 0.3 is 5.97 Å².